The van der Waals surface area contributed by atoms with Gasteiger partial charge in [0.1, 0.15) is 0 Å². The molecule has 0 fully saturated rings. The van der Waals surface area contributed by atoms with Crippen LogP contribution in [0.4, 0.5) is 4.79 Å². The lowest BCUT2D eigenvalue weighted by Crippen LogP contribution is -2.38. The summed E-state index contributed by atoms with van der Waals surface area (Å²) in [7, 11) is 1.56. The molecule has 0 aromatic heterocycles. The molecule has 0 aliphatic heterocycles. The molecule has 1 atom stereocenters. The van der Waals surface area contributed by atoms with E-state index in [4.69, 9.17) is 9.84 Å². The van der Waals surface area contributed by atoms with Crippen LogP contribution in [0.15, 0.2) is 30.3 Å². The molecule has 1 amide bonds. The molecule has 0 saturated heterocycles. The summed E-state index contributed by atoms with van der Waals surface area (Å²) in [6, 6.07) is 9.52. The molecular formula is C11H15NO3. The minimum absolute atomic E-state index is 0.199. The Kier molecular flexibility index (Phi) is 4.63. The molecule has 1 unspecified atom stereocenters. The fourth-order valence-corrected chi connectivity index (χ4v) is 1.43. The first-order valence-corrected chi connectivity index (χ1v) is 4.74. The Hall–Kier alpha value is -1.55. The van der Waals surface area contributed by atoms with Gasteiger partial charge < -0.3 is 15.2 Å². The van der Waals surface area contributed by atoms with Gasteiger partial charge in [0.05, 0.1) is 12.6 Å². The van der Waals surface area contributed by atoms with Gasteiger partial charge in [-0.2, -0.15) is 0 Å². The van der Waals surface area contributed by atoms with Gasteiger partial charge in [-0.15, -0.1) is 0 Å². The van der Waals surface area contributed by atoms with Crippen LogP contribution in [0.3, 0.4) is 0 Å². The summed E-state index contributed by atoms with van der Waals surface area (Å²) < 4.78 is 4.95. The maximum atomic E-state index is 10.5. The molecule has 0 heterocycles. The Balaban J connectivity index is 2.54. The zero-order chi connectivity index (χ0) is 11.1. The minimum atomic E-state index is -1.02. The average molecular weight is 209 g/mol. The van der Waals surface area contributed by atoms with Crippen molar-refractivity contribution in [2.75, 3.05) is 13.7 Å². The van der Waals surface area contributed by atoms with Gasteiger partial charge in [-0.05, 0) is 12.0 Å². The normalized spacial score (nSPS) is 12.1. The smallest absolute Gasteiger partial charge is 0.404 e. The molecule has 4 nitrogen and oxygen atoms in total. The van der Waals surface area contributed by atoms with Crippen LogP contribution in [0, 0.1) is 0 Å². The number of carbonyl (C=O) groups is 1. The highest BCUT2D eigenvalue weighted by Gasteiger charge is 2.11. The van der Waals surface area contributed by atoms with E-state index >= 15 is 0 Å². The molecule has 1 aromatic rings. The Morgan fingerprint density at radius 3 is 2.67 bits per heavy atom. The first-order valence-electron chi connectivity index (χ1n) is 4.74. The van der Waals surface area contributed by atoms with Crippen molar-refractivity contribution < 1.29 is 14.6 Å². The monoisotopic (exact) mass is 209 g/mol. The van der Waals surface area contributed by atoms with Crippen molar-refractivity contribution in [1.82, 2.24) is 5.32 Å². The molecule has 0 bridgehead atoms. The summed E-state index contributed by atoms with van der Waals surface area (Å²) in [6.07, 6.45) is -0.381. The Morgan fingerprint density at radius 1 is 1.47 bits per heavy atom. The maximum Gasteiger partial charge on any atom is 0.404 e. The predicted octanol–water partition coefficient (Wildman–Crippen LogP) is 1.51. The number of benzene rings is 1. The van der Waals surface area contributed by atoms with Gasteiger partial charge in [-0.25, -0.2) is 4.79 Å². The summed E-state index contributed by atoms with van der Waals surface area (Å²) in [6.45, 7) is 0.376. The van der Waals surface area contributed by atoms with Crippen molar-refractivity contribution in [2.45, 2.75) is 12.5 Å². The van der Waals surface area contributed by atoms with E-state index in [1.54, 1.807) is 7.11 Å². The van der Waals surface area contributed by atoms with Gasteiger partial charge in [0.2, 0.25) is 0 Å². The number of ether oxygens (including phenoxy) is 1. The molecule has 0 spiro atoms. The van der Waals surface area contributed by atoms with E-state index in [0.29, 0.717) is 13.0 Å². The van der Waals surface area contributed by atoms with Crippen molar-refractivity contribution in [3.63, 3.8) is 0 Å². The van der Waals surface area contributed by atoms with Gasteiger partial charge in [0.15, 0.2) is 0 Å². The van der Waals surface area contributed by atoms with E-state index in [-0.39, 0.29) is 6.04 Å². The number of hydrogen-bond acceptors (Lipinski definition) is 2. The lowest BCUT2D eigenvalue weighted by molar-refractivity contribution is 0.151. The second-order valence-electron chi connectivity index (χ2n) is 3.29. The minimum Gasteiger partial charge on any atom is -0.465 e. The van der Waals surface area contributed by atoms with Crippen LogP contribution in [0.5, 0.6) is 0 Å². The van der Waals surface area contributed by atoms with Crippen LogP contribution in [0.25, 0.3) is 0 Å². The number of hydrogen-bond donors (Lipinski definition) is 2. The number of methoxy groups -OCH3 is 1. The average Bonchev–Trinajstić information content (AvgIpc) is 2.18. The van der Waals surface area contributed by atoms with Crippen molar-refractivity contribution >= 4 is 6.09 Å². The fourth-order valence-electron chi connectivity index (χ4n) is 1.43. The van der Waals surface area contributed by atoms with E-state index in [0.717, 1.165) is 5.56 Å². The number of amides is 1. The first kappa shape index (κ1) is 11.5. The van der Waals surface area contributed by atoms with E-state index in [1.165, 1.54) is 0 Å². The van der Waals surface area contributed by atoms with Gasteiger partial charge in [0, 0.05) is 7.11 Å². The first-order chi connectivity index (χ1) is 7.22. The Bertz CT molecular complexity index is 300. The van der Waals surface area contributed by atoms with E-state index in [1.807, 2.05) is 30.3 Å². The van der Waals surface area contributed by atoms with E-state index < -0.39 is 6.09 Å². The molecule has 82 valence electrons. The van der Waals surface area contributed by atoms with E-state index in [2.05, 4.69) is 5.32 Å². The highest BCUT2D eigenvalue weighted by Crippen LogP contribution is 2.03. The van der Waals surface area contributed by atoms with Crippen molar-refractivity contribution in [3.8, 4) is 0 Å². The summed E-state index contributed by atoms with van der Waals surface area (Å²) >= 11 is 0. The molecule has 4 heteroatoms. The molecule has 0 aliphatic carbocycles. The molecule has 1 aromatic carbocycles. The highest BCUT2D eigenvalue weighted by molar-refractivity contribution is 5.64. The lowest BCUT2D eigenvalue weighted by atomic mass is 10.1. The van der Waals surface area contributed by atoms with Crippen molar-refractivity contribution in [1.29, 1.82) is 0 Å². The number of nitrogens with one attached hydrogen (secondary N) is 1. The van der Waals surface area contributed by atoms with Crippen molar-refractivity contribution in [2.24, 2.45) is 0 Å². The summed E-state index contributed by atoms with van der Waals surface area (Å²) in [5, 5.41) is 11.0. The van der Waals surface area contributed by atoms with Crippen LogP contribution in [0.2, 0.25) is 0 Å². The quantitative estimate of drug-likeness (QED) is 0.772. The molecule has 0 saturated carbocycles. The largest absolute Gasteiger partial charge is 0.465 e. The summed E-state index contributed by atoms with van der Waals surface area (Å²) in [4.78, 5) is 10.5. The molecular weight excluding hydrogens is 194 g/mol. The summed E-state index contributed by atoms with van der Waals surface area (Å²) in [5.74, 6) is 0. The van der Waals surface area contributed by atoms with Gasteiger partial charge >= 0.3 is 6.09 Å². The van der Waals surface area contributed by atoms with Crippen molar-refractivity contribution in [3.05, 3.63) is 35.9 Å². The maximum absolute atomic E-state index is 10.5. The molecule has 0 radical (unpaired) electrons. The third kappa shape index (κ3) is 4.46. The molecule has 2 N–H and O–H groups in total. The molecule has 15 heavy (non-hydrogen) atoms. The Morgan fingerprint density at radius 2 is 2.13 bits per heavy atom. The molecule has 1 rings (SSSR count). The van der Waals surface area contributed by atoms with Gasteiger partial charge in [0.25, 0.3) is 0 Å². The molecule has 0 aliphatic rings. The number of carboxylic acid groups (broad SMARTS) is 1. The van der Waals surface area contributed by atoms with Gasteiger partial charge in [-0.3, -0.25) is 0 Å². The van der Waals surface area contributed by atoms with Crippen LogP contribution in [-0.4, -0.2) is 31.0 Å². The second-order valence-corrected chi connectivity index (χ2v) is 3.29. The zero-order valence-electron chi connectivity index (χ0n) is 8.64. The standard InChI is InChI=1S/C11H15NO3/c1-15-8-10(12-11(13)14)7-9-5-3-2-4-6-9/h2-6,10,12H,7-8H2,1H3,(H,13,14). The van der Waals surface area contributed by atoms with Gasteiger partial charge in [-0.1, -0.05) is 30.3 Å². The second kappa shape index (κ2) is 6.03. The fraction of sp³-hybridized carbons (Fsp3) is 0.364. The van der Waals surface area contributed by atoms with Crippen LogP contribution < -0.4 is 5.32 Å². The lowest BCUT2D eigenvalue weighted by Gasteiger charge is -2.15. The zero-order valence-corrected chi connectivity index (χ0v) is 8.64. The van der Waals surface area contributed by atoms with E-state index in [9.17, 15) is 4.79 Å². The number of rotatable bonds is 5. The summed E-state index contributed by atoms with van der Waals surface area (Å²) in [5.41, 5.74) is 1.09. The third-order valence-corrected chi connectivity index (χ3v) is 2.02. The predicted molar refractivity (Wildman–Crippen MR) is 57.0 cm³/mol. The van der Waals surface area contributed by atoms with Crippen LogP contribution in [0.1, 0.15) is 5.56 Å². The van der Waals surface area contributed by atoms with Crippen LogP contribution >= 0.6 is 0 Å². The Labute approximate surface area is 88.9 Å². The highest BCUT2D eigenvalue weighted by atomic mass is 16.5. The SMILES string of the molecule is COCC(Cc1ccccc1)NC(=O)O. The van der Waals surface area contributed by atoms with Crippen LogP contribution in [-0.2, 0) is 11.2 Å². The topological polar surface area (TPSA) is 58.6 Å². The third-order valence-electron chi connectivity index (χ3n) is 2.02.